The molecule has 1 unspecified atom stereocenters. The second-order valence-corrected chi connectivity index (χ2v) is 9.00. The molecule has 6 rings (SSSR count). The van der Waals surface area contributed by atoms with Crippen LogP contribution in [0.2, 0.25) is 0 Å². The van der Waals surface area contributed by atoms with Crippen molar-refractivity contribution < 1.29 is 14.3 Å². The van der Waals surface area contributed by atoms with Gasteiger partial charge in [-0.15, -0.1) is 0 Å². The number of aryl methyl sites for hydroxylation is 2. The number of pyridine rings is 1. The molecule has 3 aromatic heterocycles. The van der Waals surface area contributed by atoms with E-state index in [-0.39, 0.29) is 12.1 Å². The number of aliphatic hydroxyl groups excluding tert-OH is 1. The molecule has 35 heavy (non-hydrogen) atoms. The minimum atomic E-state index is -0.537. The van der Waals surface area contributed by atoms with Crippen molar-refractivity contribution in [3.8, 4) is 11.3 Å². The zero-order valence-electron chi connectivity index (χ0n) is 19.0. The van der Waals surface area contributed by atoms with Gasteiger partial charge in [0.15, 0.2) is 0 Å². The van der Waals surface area contributed by atoms with Crippen molar-refractivity contribution in [3.63, 3.8) is 0 Å². The molecule has 176 valence electrons. The number of fused-ring (bicyclic) bond motifs is 5. The van der Waals surface area contributed by atoms with Gasteiger partial charge in [-0.1, -0.05) is 0 Å². The SMILES string of the molecule is Cc1cnc(CNC(=O)c2ccc(-c3nc4ccc5[nH]ncc5c4c4c3CC(O)CC4)c(F)c2)[nH]1. The van der Waals surface area contributed by atoms with Crippen molar-refractivity contribution in [2.75, 3.05) is 0 Å². The molecule has 1 amide bonds. The molecule has 0 saturated carbocycles. The number of hydrogen-bond donors (Lipinski definition) is 4. The summed E-state index contributed by atoms with van der Waals surface area (Å²) in [6.07, 6.45) is 4.65. The number of amides is 1. The van der Waals surface area contributed by atoms with Crippen LogP contribution < -0.4 is 5.32 Å². The van der Waals surface area contributed by atoms with Crippen LogP contribution in [-0.2, 0) is 19.4 Å². The van der Waals surface area contributed by atoms with Crippen molar-refractivity contribution in [2.24, 2.45) is 0 Å². The van der Waals surface area contributed by atoms with Crippen molar-refractivity contribution in [2.45, 2.75) is 38.8 Å². The van der Waals surface area contributed by atoms with E-state index in [1.54, 1.807) is 24.5 Å². The number of aromatic amines is 2. The van der Waals surface area contributed by atoms with Crippen LogP contribution in [0.5, 0.6) is 0 Å². The zero-order valence-corrected chi connectivity index (χ0v) is 19.0. The Balaban J connectivity index is 1.40. The predicted octanol–water partition coefficient (Wildman–Crippen LogP) is 3.73. The topological polar surface area (TPSA) is 120 Å². The van der Waals surface area contributed by atoms with Gasteiger partial charge < -0.3 is 15.4 Å². The van der Waals surface area contributed by atoms with E-state index in [2.05, 4.69) is 25.5 Å². The molecule has 1 aliphatic carbocycles. The smallest absolute Gasteiger partial charge is 0.251 e. The third-order valence-corrected chi connectivity index (χ3v) is 6.61. The van der Waals surface area contributed by atoms with E-state index in [0.717, 1.165) is 38.6 Å². The van der Waals surface area contributed by atoms with Gasteiger partial charge in [-0.25, -0.2) is 14.4 Å². The summed E-state index contributed by atoms with van der Waals surface area (Å²) in [6, 6.07) is 8.23. The van der Waals surface area contributed by atoms with Crippen LogP contribution in [0.25, 0.3) is 33.1 Å². The average molecular weight is 471 g/mol. The highest BCUT2D eigenvalue weighted by Crippen LogP contribution is 2.38. The van der Waals surface area contributed by atoms with Gasteiger partial charge in [0, 0.05) is 40.2 Å². The minimum absolute atomic E-state index is 0.212. The lowest BCUT2D eigenvalue weighted by Gasteiger charge is -2.25. The van der Waals surface area contributed by atoms with Gasteiger partial charge in [0.05, 0.1) is 35.6 Å². The number of carbonyl (C=O) groups excluding carboxylic acids is 1. The number of aliphatic hydroxyl groups is 1. The molecule has 5 aromatic rings. The van der Waals surface area contributed by atoms with Gasteiger partial charge in [-0.2, -0.15) is 5.10 Å². The van der Waals surface area contributed by atoms with Crippen molar-refractivity contribution in [1.82, 2.24) is 30.5 Å². The summed E-state index contributed by atoms with van der Waals surface area (Å²) in [5.41, 5.74) is 5.49. The number of H-pyrrole nitrogens is 2. The van der Waals surface area contributed by atoms with Gasteiger partial charge >= 0.3 is 0 Å². The third-order valence-electron chi connectivity index (χ3n) is 6.61. The van der Waals surface area contributed by atoms with E-state index >= 15 is 4.39 Å². The second-order valence-electron chi connectivity index (χ2n) is 9.00. The summed E-state index contributed by atoms with van der Waals surface area (Å²) in [6.45, 7) is 2.10. The van der Waals surface area contributed by atoms with Crippen molar-refractivity contribution in [3.05, 3.63) is 76.8 Å². The van der Waals surface area contributed by atoms with E-state index in [0.29, 0.717) is 36.3 Å². The minimum Gasteiger partial charge on any atom is -0.393 e. The molecule has 3 heterocycles. The Bertz CT molecular complexity index is 1600. The maximum Gasteiger partial charge on any atom is 0.251 e. The van der Waals surface area contributed by atoms with Crippen LogP contribution >= 0.6 is 0 Å². The maximum absolute atomic E-state index is 15.4. The number of halogens is 1. The number of aromatic nitrogens is 5. The van der Waals surface area contributed by atoms with Crippen LogP contribution in [0.1, 0.15) is 39.4 Å². The largest absolute Gasteiger partial charge is 0.393 e. The van der Waals surface area contributed by atoms with E-state index in [9.17, 15) is 9.90 Å². The normalized spacial score (nSPS) is 15.5. The van der Waals surface area contributed by atoms with E-state index in [1.165, 1.54) is 6.07 Å². The molecule has 0 aliphatic heterocycles. The van der Waals surface area contributed by atoms with Crippen molar-refractivity contribution in [1.29, 1.82) is 0 Å². The Morgan fingerprint density at radius 2 is 2.11 bits per heavy atom. The molecule has 0 radical (unpaired) electrons. The first-order valence-electron chi connectivity index (χ1n) is 11.5. The van der Waals surface area contributed by atoms with Crippen LogP contribution in [0.4, 0.5) is 4.39 Å². The summed E-state index contributed by atoms with van der Waals surface area (Å²) < 4.78 is 15.4. The highest BCUT2D eigenvalue weighted by Gasteiger charge is 2.26. The van der Waals surface area contributed by atoms with Gasteiger partial charge in [0.2, 0.25) is 0 Å². The third kappa shape index (κ3) is 3.74. The first kappa shape index (κ1) is 21.4. The van der Waals surface area contributed by atoms with Crippen LogP contribution in [0, 0.1) is 12.7 Å². The molecule has 1 atom stereocenters. The Hall–Kier alpha value is -4.11. The van der Waals surface area contributed by atoms with E-state index in [4.69, 9.17) is 4.98 Å². The van der Waals surface area contributed by atoms with Crippen LogP contribution in [0.3, 0.4) is 0 Å². The summed E-state index contributed by atoms with van der Waals surface area (Å²) in [5, 5.41) is 22.3. The molecular weight excluding hydrogens is 447 g/mol. The highest BCUT2D eigenvalue weighted by molar-refractivity contribution is 6.07. The summed E-state index contributed by atoms with van der Waals surface area (Å²) >= 11 is 0. The predicted molar refractivity (Wildman–Crippen MR) is 129 cm³/mol. The van der Waals surface area contributed by atoms with E-state index < -0.39 is 17.8 Å². The molecule has 4 N–H and O–H groups in total. The fraction of sp³-hybridized carbons (Fsp3) is 0.231. The lowest BCUT2D eigenvalue weighted by atomic mass is 9.84. The molecule has 0 saturated heterocycles. The molecule has 0 fully saturated rings. The second kappa shape index (κ2) is 8.28. The zero-order chi connectivity index (χ0) is 24.1. The average Bonchev–Trinajstić information content (AvgIpc) is 3.50. The maximum atomic E-state index is 15.4. The van der Waals surface area contributed by atoms with Gasteiger partial charge in [-0.05, 0) is 61.2 Å². The Morgan fingerprint density at radius 1 is 1.23 bits per heavy atom. The molecule has 8 nitrogen and oxygen atoms in total. The quantitative estimate of drug-likeness (QED) is 0.319. The standard InChI is InChI=1S/C26H23FN6O2/c1-13-10-28-23(31-13)12-29-26(35)14-2-4-17(20(27)8-14)25-18-9-15(34)3-5-16(18)24-19-11-30-33-21(19)6-7-22(24)32-25/h2,4,6-8,10-11,15,34H,3,5,9,12H2,1H3,(H,28,31)(H,29,35)(H,30,33). The Morgan fingerprint density at radius 3 is 2.91 bits per heavy atom. The first-order chi connectivity index (χ1) is 17.0. The molecular formula is C26H23FN6O2. The van der Waals surface area contributed by atoms with Crippen LogP contribution in [0.15, 0.2) is 42.7 Å². The highest BCUT2D eigenvalue weighted by atomic mass is 19.1. The number of rotatable bonds is 4. The molecule has 2 aromatic carbocycles. The Labute approximate surface area is 199 Å². The van der Waals surface area contributed by atoms with E-state index in [1.807, 2.05) is 19.1 Å². The molecule has 1 aliphatic rings. The fourth-order valence-electron chi connectivity index (χ4n) is 4.94. The fourth-order valence-corrected chi connectivity index (χ4v) is 4.94. The van der Waals surface area contributed by atoms with Gasteiger partial charge in [-0.3, -0.25) is 9.89 Å². The van der Waals surface area contributed by atoms with Gasteiger partial charge in [0.25, 0.3) is 5.91 Å². The first-order valence-corrected chi connectivity index (χ1v) is 11.5. The number of hydrogen-bond acceptors (Lipinski definition) is 5. The molecule has 0 bridgehead atoms. The number of nitrogens with zero attached hydrogens (tertiary/aromatic N) is 3. The summed E-state index contributed by atoms with van der Waals surface area (Å²) in [7, 11) is 0. The summed E-state index contributed by atoms with van der Waals surface area (Å²) in [4.78, 5) is 24.6. The lowest BCUT2D eigenvalue weighted by molar-refractivity contribution is 0.0949. The number of carbonyl (C=O) groups is 1. The van der Waals surface area contributed by atoms with Gasteiger partial charge in [0.1, 0.15) is 11.6 Å². The number of nitrogens with one attached hydrogen (secondary N) is 3. The molecule has 0 spiro atoms. The van der Waals surface area contributed by atoms with Crippen LogP contribution in [-0.4, -0.2) is 42.3 Å². The molecule has 9 heteroatoms. The lowest BCUT2D eigenvalue weighted by Crippen LogP contribution is -2.23. The summed E-state index contributed by atoms with van der Waals surface area (Å²) in [5.74, 6) is -0.300. The van der Waals surface area contributed by atoms with Crippen molar-refractivity contribution >= 4 is 27.7 Å². The number of benzene rings is 2. The Kier molecular flexibility index (Phi) is 5.07. The number of imidazole rings is 1. The monoisotopic (exact) mass is 470 g/mol.